The molecule has 0 saturated carbocycles. The van der Waals surface area contributed by atoms with Gasteiger partial charge in [-0.2, -0.15) is 0 Å². The first-order chi connectivity index (χ1) is 17.5. The number of aromatic nitrogens is 4. The van der Waals surface area contributed by atoms with Gasteiger partial charge in [0.15, 0.2) is 11.0 Å². The number of carbonyl (C=O) groups excluding carboxylic acids is 1. The molecular weight excluding hydrogens is 513 g/mol. The first-order valence-electron chi connectivity index (χ1n) is 11.8. The molecule has 0 unspecified atom stereocenters. The molecule has 0 radical (unpaired) electrons. The molecular formula is C27H27Cl2N5OS. The summed E-state index contributed by atoms with van der Waals surface area (Å²) in [6.07, 6.45) is 5.36. The Hall–Kier alpha value is -2.87. The quantitative estimate of drug-likeness (QED) is 0.220. The fourth-order valence-electron chi connectivity index (χ4n) is 3.99. The van der Waals surface area contributed by atoms with Gasteiger partial charge >= 0.3 is 0 Å². The Kier molecular flexibility index (Phi) is 9.39. The van der Waals surface area contributed by atoms with Crippen LogP contribution in [0.5, 0.6) is 0 Å². The third kappa shape index (κ3) is 6.87. The Morgan fingerprint density at radius 2 is 1.83 bits per heavy atom. The molecule has 6 nitrogen and oxygen atoms in total. The van der Waals surface area contributed by atoms with E-state index in [0.717, 1.165) is 35.4 Å². The minimum absolute atomic E-state index is 0.0640. The second-order valence-electron chi connectivity index (χ2n) is 8.36. The van der Waals surface area contributed by atoms with Crippen LogP contribution in [0.4, 0.5) is 0 Å². The Bertz CT molecular complexity index is 1280. The van der Waals surface area contributed by atoms with Gasteiger partial charge < -0.3 is 5.32 Å². The molecule has 1 amide bonds. The van der Waals surface area contributed by atoms with Gasteiger partial charge in [-0.3, -0.25) is 14.3 Å². The van der Waals surface area contributed by atoms with Crippen molar-refractivity contribution in [1.82, 2.24) is 25.1 Å². The minimum atomic E-state index is -0.0640. The van der Waals surface area contributed by atoms with Gasteiger partial charge in [-0.05, 0) is 41.8 Å². The molecule has 2 aromatic carbocycles. The highest BCUT2D eigenvalue weighted by atomic mass is 35.5. The van der Waals surface area contributed by atoms with Crippen LogP contribution in [0, 0.1) is 0 Å². The van der Waals surface area contributed by atoms with E-state index in [9.17, 15) is 4.79 Å². The fourth-order valence-corrected chi connectivity index (χ4v) is 5.32. The predicted octanol–water partition coefficient (Wildman–Crippen LogP) is 6.49. The summed E-state index contributed by atoms with van der Waals surface area (Å²) >= 11 is 13.9. The standard InChI is InChI=1S/C27H27Cl2N5OS/c1-2-6-21(23-10-9-22(28)15-24(23)29)16-31-25(35)18-36-27-33-32-26(20-11-13-30-14-12-20)34(27)17-19-7-4-3-5-8-19/h3-5,7-15,21H,2,6,16-18H2,1H3,(H,31,35)/t21-/m1/s1. The third-order valence-electron chi connectivity index (χ3n) is 5.76. The summed E-state index contributed by atoms with van der Waals surface area (Å²) in [5.41, 5.74) is 3.05. The topological polar surface area (TPSA) is 72.7 Å². The third-order valence-corrected chi connectivity index (χ3v) is 7.29. The minimum Gasteiger partial charge on any atom is -0.355 e. The highest BCUT2D eigenvalue weighted by Crippen LogP contribution is 2.30. The Balaban J connectivity index is 1.44. The number of nitrogens with one attached hydrogen (secondary N) is 1. The average Bonchev–Trinajstić information content (AvgIpc) is 3.29. The number of hydrogen-bond acceptors (Lipinski definition) is 5. The molecule has 0 bridgehead atoms. The lowest BCUT2D eigenvalue weighted by atomic mass is 9.94. The van der Waals surface area contributed by atoms with Crippen LogP contribution in [0.15, 0.2) is 78.2 Å². The highest BCUT2D eigenvalue weighted by molar-refractivity contribution is 7.99. The Morgan fingerprint density at radius 3 is 2.56 bits per heavy atom. The largest absolute Gasteiger partial charge is 0.355 e. The van der Waals surface area contributed by atoms with E-state index in [1.807, 2.05) is 47.0 Å². The maximum absolute atomic E-state index is 12.8. The molecule has 4 aromatic rings. The van der Waals surface area contributed by atoms with Crippen molar-refractivity contribution in [2.45, 2.75) is 37.4 Å². The summed E-state index contributed by atoms with van der Waals surface area (Å²) in [7, 11) is 0. The molecule has 2 heterocycles. The number of rotatable bonds is 11. The summed E-state index contributed by atoms with van der Waals surface area (Å²) < 4.78 is 2.04. The van der Waals surface area contributed by atoms with Crippen molar-refractivity contribution in [2.75, 3.05) is 12.3 Å². The SMILES string of the molecule is CCC[C@H](CNC(=O)CSc1nnc(-c2ccncc2)n1Cc1ccccc1)c1ccc(Cl)cc1Cl. The van der Waals surface area contributed by atoms with Crippen molar-refractivity contribution in [2.24, 2.45) is 0 Å². The molecule has 0 saturated heterocycles. The predicted molar refractivity (Wildman–Crippen MR) is 147 cm³/mol. The second kappa shape index (κ2) is 12.9. The zero-order valence-electron chi connectivity index (χ0n) is 19.9. The molecule has 0 fully saturated rings. The van der Waals surface area contributed by atoms with Crippen LogP contribution >= 0.6 is 35.0 Å². The Labute approximate surface area is 225 Å². The monoisotopic (exact) mass is 539 g/mol. The van der Waals surface area contributed by atoms with Crippen LogP contribution in [-0.2, 0) is 11.3 Å². The van der Waals surface area contributed by atoms with E-state index in [1.54, 1.807) is 18.5 Å². The lowest BCUT2D eigenvalue weighted by Gasteiger charge is -2.19. The normalized spacial score (nSPS) is 11.9. The average molecular weight is 541 g/mol. The molecule has 0 aliphatic carbocycles. The van der Waals surface area contributed by atoms with E-state index in [2.05, 4.69) is 39.6 Å². The van der Waals surface area contributed by atoms with Gasteiger partial charge in [-0.15, -0.1) is 10.2 Å². The first-order valence-corrected chi connectivity index (χ1v) is 13.5. The molecule has 36 heavy (non-hydrogen) atoms. The summed E-state index contributed by atoms with van der Waals surface area (Å²) in [5.74, 6) is 1.03. The maximum Gasteiger partial charge on any atom is 0.230 e. The van der Waals surface area contributed by atoms with E-state index in [1.165, 1.54) is 11.8 Å². The molecule has 0 aliphatic heterocycles. The van der Waals surface area contributed by atoms with Gasteiger partial charge in [0.05, 0.1) is 12.3 Å². The molecule has 0 aliphatic rings. The fraction of sp³-hybridized carbons (Fsp3) is 0.259. The summed E-state index contributed by atoms with van der Waals surface area (Å²) in [6, 6.07) is 19.5. The van der Waals surface area contributed by atoms with Gasteiger partial charge in [0, 0.05) is 40.5 Å². The van der Waals surface area contributed by atoms with Gasteiger partial charge in [-0.25, -0.2) is 0 Å². The molecule has 186 valence electrons. The van der Waals surface area contributed by atoms with Crippen molar-refractivity contribution >= 4 is 40.9 Å². The van der Waals surface area contributed by atoms with Crippen LogP contribution in [-0.4, -0.2) is 38.0 Å². The van der Waals surface area contributed by atoms with Crippen molar-refractivity contribution in [3.8, 4) is 11.4 Å². The van der Waals surface area contributed by atoms with Crippen molar-refractivity contribution in [1.29, 1.82) is 0 Å². The zero-order chi connectivity index (χ0) is 25.3. The molecule has 4 rings (SSSR count). The number of hydrogen-bond donors (Lipinski definition) is 1. The number of halogens is 2. The van der Waals surface area contributed by atoms with E-state index >= 15 is 0 Å². The van der Waals surface area contributed by atoms with E-state index < -0.39 is 0 Å². The van der Waals surface area contributed by atoms with Crippen LogP contribution < -0.4 is 5.32 Å². The number of carbonyl (C=O) groups is 1. The van der Waals surface area contributed by atoms with E-state index in [4.69, 9.17) is 23.2 Å². The summed E-state index contributed by atoms with van der Waals surface area (Å²) in [6.45, 7) is 3.23. The molecule has 1 atom stereocenters. The number of thioether (sulfide) groups is 1. The second-order valence-corrected chi connectivity index (χ2v) is 10.1. The van der Waals surface area contributed by atoms with Crippen LogP contribution in [0.2, 0.25) is 10.0 Å². The molecule has 0 spiro atoms. The van der Waals surface area contributed by atoms with Crippen molar-refractivity contribution in [3.63, 3.8) is 0 Å². The highest BCUT2D eigenvalue weighted by Gasteiger charge is 2.18. The lowest BCUT2D eigenvalue weighted by molar-refractivity contribution is -0.118. The van der Waals surface area contributed by atoms with Crippen molar-refractivity contribution < 1.29 is 4.79 Å². The number of nitrogens with zero attached hydrogens (tertiary/aromatic N) is 4. The van der Waals surface area contributed by atoms with Gasteiger partial charge in [0.25, 0.3) is 0 Å². The summed E-state index contributed by atoms with van der Waals surface area (Å²) in [5, 5.41) is 13.8. The van der Waals surface area contributed by atoms with Crippen molar-refractivity contribution in [3.05, 3.63) is 94.2 Å². The number of amides is 1. The van der Waals surface area contributed by atoms with Crippen LogP contribution in [0.1, 0.15) is 36.8 Å². The first kappa shape index (κ1) is 26.2. The van der Waals surface area contributed by atoms with E-state index in [0.29, 0.717) is 28.3 Å². The number of benzene rings is 2. The molecule has 1 N–H and O–H groups in total. The number of pyridine rings is 1. The molecule has 9 heteroatoms. The zero-order valence-corrected chi connectivity index (χ0v) is 22.2. The maximum atomic E-state index is 12.8. The lowest BCUT2D eigenvalue weighted by Crippen LogP contribution is -2.30. The van der Waals surface area contributed by atoms with Gasteiger partial charge in [0.2, 0.25) is 5.91 Å². The smallest absolute Gasteiger partial charge is 0.230 e. The molecule has 2 aromatic heterocycles. The van der Waals surface area contributed by atoms with Crippen LogP contribution in [0.25, 0.3) is 11.4 Å². The summed E-state index contributed by atoms with van der Waals surface area (Å²) in [4.78, 5) is 16.9. The van der Waals surface area contributed by atoms with Crippen LogP contribution in [0.3, 0.4) is 0 Å². The van der Waals surface area contributed by atoms with E-state index in [-0.39, 0.29) is 17.6 Å². The van der Waals surface area contributed by atoms with Gasteiger partial charge in [0.1, 0.15) is 0 Å². The van der Waals surface area contributed by atoms with Gasteiger partial charge in [-0.1, -0.05) is 84.7 Å². The Morgan fingerprint density at radius 1 is 1.06 bits per heavy atom.